The van der Waals surface area contributed by atoms with Crippen molar-refractivity contribution in [2.75, 3.05) is 13.1 Å². The first-order valence-electron chi connectivity index (χ1n) is 9.25. The van der Waals surface area contributed by atoms with Gasteiger partial charge in [0, 0.05) is 24.7 Å². The molecular formula is C19H38N2. The van der Waals surface area contributed by atoms with Gasteiger partial charge in [-0.15, -0.1) is 0 Å². The Hall–Kier alpha value is -0.0800. The normalized spacial score (nSPS) is 31.7. The van der Waals surface area contributed by atoms with Crippen molar-refractivity contribution < 1.29 is 0 Å². The van der Waals surface area contributed by atoms with Crippen molar-refractivity contribution in [2.24, 2.45) is 23.0 Å². The molecule has 0 aromatic rings. The van der Waals surface area contributed by atoms with Gasteiger partial charge < -0.3 is 5.73 Å². The van der Waals surface area contributed by atoms with Crippen LogP contribution in [0.15, 0.2) is 0 Å². The predicted octanol–water partition coefficient (Wildman–Crippen LogP) is 4.43. The Morgan fingerprint density at radius 1 is 1.10 bits per heavy atom. The molecule has 0 aromatic carbocycles. The third-order valence-electron chi connectivity index (χ3n) is 6.14. The van der Waals surface area contributed by atoms with Gasteiger partial charge in [0.2, 0.25) is 0 Å². The van der Waals surface area contributed by atoms with Crippen LogP contribution in [0.3, 0.4) is 0 Å². The Morgan fingerprint density at radius 2 is 1.76 bits per heavy atom. The summed E-state index contributed by atoms with van der Waals surface area (Å²) in [6, 6.07) is 0.625. The summed E-state index contributed by atoms with van der Waals surface area (Å²) < 4.78 is 0. The van der Waals surface area contributed by atoms with Gasteiger partial charge in [-0.25, -0.2) is 0 Å². The molecule has 2 rings (SSSR count). The average molecular weight is 295 g/mol. The second kappa shape index (κ2) is 6.58. The molecule has 2 nitrogen and oxygen atoms in total. The highest BCUT2D eigenvalue weighted by molar-refractivity contribution is 4.98. The summed E-state index contributed by atoms with van der Waals surface area (Å²) in [5.41, 5.74) is 7.08. The molecule has 124 valence electrons. The van der Waals surface area contributed by atoms with Crippen LogP contribution in [-0.2, 0) is 0 Å². The van der Waals surface area contributed by atoms with Gasteiger partial charge in [-0.05, 0) is 69.6 Å². The van der Waals surface area contributed by atoms with Gasteiger partial charge in [0.25, 0.3) is 0 Å². The topological polar surface area (TPSA) is 29.3 Å². The lowest BCUT2D eigenvalue weighted by Gasteiger charge is -2.46. The highest BCUT2D eigenvalue weighted by atomic mass is 15.2. The molecule has 0 spiro atoms. The summed E-state index contributed by atoms with van der Waals surface area (Å²) in [7, 11) is 0. The number of hydrogen-bond donors (Lipinski definition) is 1. The summed E-state index contributed by atoms with van der Waals surface area (Å²) in [5.74, 6) is 1.82. The van der Waals surface area contributed by atoms with E-state index < -0.39 is 0 Å². The molecule has 0 heterocycles. The largest absolute Gasteiger partial charge is 0.329 e. The summed E-state index contributed by atoms with van der Waals surface area (Å²) in [6.45, 7) is 14.1. The molecule has 0 amide bonds. The van der Waals surface area contributed by atoms with Crippen LogP contribution in [0.5, 0.6) is 0 Å². The molecule has 2 aliphatic rings. The van der Waals surface area contributed by atoms with Crippen LogP contribution in [0, 0.1) is 17.3 Å². The number of nitrogens with zero attached hydrogens (tertiary/aromatic N) is 1. The van der Waals surface area contributed by atoms with Crippen molar-refractivity contribution in [3.8, 4) is 0 Å². The molecule has 2 heteroatoms. The summed E-state index contributed by atoms with van der Waals surface area (Å²) in [6.07, 6.45) is 9.59. The molecule has 2 aliphatic carbocycles. The Bertz CT molecular complexity index is 327. The van der Waals surface area contributed by atoms with E-state index in [4.69, 9.17) is 5.73 Å². The molecule has 2 N–H and O–H groups in total. The lowest BCUT2D eigenvalue weighted by molar-refractivity contribution is 0.0406. The number of rotatable bonds is 5. The summed E-state index contributed by atoms with van der Waals surface area (Å²) >= 11 is 0. The van der Waals surface area contributed by atoms with E-state index in [2.05, 4.69) is 39.5 Å². The van der Waals surface area contributed by atoms with Crippen LogP contribution in [-0.4, -0.2) is 29.6 Å². The molecule has 0 aromatic heterocycles. The van der Waals surface area contributed by atoms with Crippen LogP contribution in [0.2, 0.25) is 0 Å². The van der Waals surface area contributed by atoms with E-state index in [-0.39, 0.29) is 5.54 Å². The first-order valence-corrected chi connectivity index (χ1v) is 9.25. The van der Waals surface area contributed by atoms with E-state index in [0.29, 0.717) is 11.5 Å². The van der Waals surface area contributed by atoms with Crippen LogP contribution in [0.4, 0.5) is 0 Å². The van der Waals surface area contributed by atoms with E-state index in [0.717, 1.165) is 18.4 Å². The maximum absolute atomic E-state index is 6.36. The molecule has 0 saturated heterocycles. The minimum atomic E-state index is 0.275. The SMILES string of the molecule is CC(C)N(CC1CC1)C1(CN)CCCC(C(C)(C)C)CC1. The monoisotopic (exact) mass is 294 g/mol. The fraction of sp³-hybridized carbons (Fsp3) is 1.00. The third kappa shape index (κ3) is 4.22. The highest BCUT2D eigenvalue weighted by Gasteiger charge is 2.42. The summed E-state index contributed by atoms with van der Waals surface area (Å²) in [4.78, 5) is 2.79. The van der Waals surface area contributed by atoms with Gasteiger partial charge in [0.1, 0.15) is 0 Å². The van der Waals surface area contributed by atoms with E-state index >= 15 is 0 Å². The Balaban J connectivity index is 2.11. The number of hydrogen-bond acceptors (Lipinski definition) is 2. The van der Waals surface area contributed by atoms with Gasteiger partial charge in [0.15, 0.2) is 0 Å². The second-order valence-corrected chi connectivity index (χ2v) is 9.11. The first-order chi connectivity index (χ1) is 9.78. The fourth-order valence-electron chi connectivity index (χ4n) is 4.40. The molecule has 21 heavy (non-hydrogen) atoms. The molecule has 2 fully saturated rings. The quantitative estimate of drug-likeness (QED) is 0.760. The predicted molar refractivity (Wildman–Crippen MR) is 92.4 cm³/mol. The summed E-state index contributed by atoms with van der Waals surface area (Å²) in [5, 5.41) is 0. The lowest BCUT2D eigenvalue weighted by Crippen LogP contribution is -2.57. The maximum atomic E-state index is 6.36. The van der Waals surface area contributed by atoms with E-state index in [9.17, 15) is 0 Å². The average Bonchev–Trinajstić information content (AvgIpc) is 3.21. The van der Waals surface area contributed by atoms with Crippen molar-refractivity contribution in [3.63, 3.8) is 0 Å². The zero-order valence-electron chi connectivity index (χ0n) is 15.1. The maximum Gasteiger partial charge on any atom is 0.0334 e. The molecule has 2 atom stereocenters. The molecular weight excluding hydrogens is 256 g/mol. The van der Waals surface area contributed by atoms with Crippen molar-refractivity contribution in [3.05, 3.63) is 0 Å². The Kier molecular flexibility index (Phi) is 5.41. The molecule has 2 unspecified atom stereocenters. The highest BCUT2D eigenvalue weighted by Crippen LogP contribution is 2.43. The molecule has 0 bridgehead atoms. The number of nitrogens with two attached hydrogens (primary N) is 1. The first kappa shape index (κ1) is 17.3. The Morgan fingerprint density at radius 3 is 2.24 bits per heavy atom. The van der Waals surface area contributed by atoms with E-state index in [1.165, 1.54) is 51.5 Å². The molecule has 0 radical (unpaired) electrons. The minimum Gasteiger partial charge on any atom is -0.329 e. The third-order valence-corrected chi connectivity index (χ3v) is 6.14. The fourth-order valence-corrected chi connectivity index (χ4v) is 4.40. The second-order valence-electron chi connectivity index (χ2n) is 9.11. The van der Waals surface area contributed by atoms with E-state index in [1.807, 2.05) is 0 Å². The van der Waals surface area contributed by atoms with Gasteiger partial charge in [0.05, 0.1) is 0 Å². The van der Waals surface area contributed by atoms with Crippen molar-refractivity contribution >= 4 is 0 Å². The smallest absolute Gasteiger partial charge is 0.0334 e. The zero-order valence-corrected chi connectivity index (χ0v) is 15.1. The van der Waals surface area contributed by atoms with Crippen LogP contribution in [0.25, 0.3) is 0 Å². The van der Waals surface area contributed by atoms with Crippen LogP contribution >= 0.6 is 0 Å². The van der Waals surface area contributed by atoms with Crippen molar-refractivity contribution in [1.29, 1.82) is 0 Å². The van der Waals surface area contributed by atoms with Gasteiger partial charge >= 0.3 is 0 Å². The van der Waals surface area contributed by atoms with Gasteiger partial charge in [-0.1, -0.05) is 27.2 Å². The zero-order chi connectivity index (χ0) is 15.7. The van der Waals surface area contributed by atoms with Crippen molar-refractivity contribution in [2.45, 2.75) is 91.1 Å². The molecule has 0 aliphatic heterocycles. The van der Waals surface area contributed by atoms with E-state index in [1.54, 1.807) is 0 Å². The standard InChI is InChI=1S/C19H38N2/c1-15(2)21(13-16-8-9-16)19(14-20)11-6-7-17(10-12-19)18(3,4)5/h15-17H,6-14,20H2,1-5H3. The lowest BCUT2D eigenvalue weighted by atomic mass is 9.76. The van der Waals surface area contributed by atoms with Gasteiger partial charge in [-0.2, -0.15) is 0 Å². The van der Waals surface area contributed by atoms with Crippen LogP contribution in [0.1, 0.15) is 79.6 Å². The molecule has 2 saturated carbocycles. The minimum absolute atomic E-state index is 0.275. The Labute approximate surface area is 132 Å². The van der Waals surface area contributed by atoms with Gasteiger partial charge in [-0.3, -0.25) is 4.90 Å². The van der Waals surface area contributed by atoms with Crippen molar-refractivity contribution in [1.82, 2.24) is 4.90 Å². The van der Waals surface area contributed by atoms with Crippen LogP contribution < -0.4 is 5.73 Å².